The van der Waals surface area contributed by atoms with Crippen LogP contribution < -0.4 is 14.2 Å². The Bertz CT molecular complexity index is 1170. The maximum absolute atomic E-state index is 12.8. The molecule has 0 spiro atoms. The Morgan fingerprint density at radius 2 is 1.83 bits per heavy atom. The molecule has 30 heavy (non-hydrogen) atoms. The topological polar surface area (TPSA) is 44.8 Å². The lowest BCUT2D eigenvalue weighted by Crippen LogP contribution is -2.00. The Morgan fingerprint density at radius 1 is 1.03 bits per heavy atom. The first-order valence-electron chi connectivity index (χ1n) is 9.25. The molecule has 0 fully saturated rings. The Balaban J connectivity index is 1.58. The third-order valence-electron chi connectivity index (χ3n) is 4.77. The van der Waals surface area contributed by atoms with E-state index in [0.29, 0.717) is 33.7 Å². The number of fused-ring (bicyclic) bond motifs is 1. The number of methoxy groups -OCH3 is 1. The SMILES string of the molecule is COc1ccccc1COc1cc(C)c2c(c1)O/C(=C\c1ccc(Cl)c(Cl)c1)C2=O. The molecule has 0 amide bonds. The van der Waals surface area contributed by atoms with Gasteiger partial charge < -0.3 is 14.2 Å². The molecule has 0 unspecified atom stereocenters. The van der Waals surface area contributed by atoms with Crippen molar-refractivity contribution >= 4 is 35.1 Å². The number of benzene rings is 3. The second-order valence-corrected chi connectivity index (χ2v) is 7.64. The van der Waals surface area contributed by atoms with E-state index in [1.807, 2.05) is 37.3 Å². The van der Waals surface area contributed by atoms with Crippen LogP contribution in [0.25, 0.3) is 6.08 Å². The summed E-state index contributed by atoms with van der Waals surface area (Å²) in [6.45, 7) is 2.19. The number of Topliss-reactive ketones (excluding diaryl/α,β-unsaturated/α-hetero) is 1. The molecule has 152 valence electrons. The molecule has 3 aromatic rings. The molecule has 0 bridgehead atoms. The Labute approximate surface area is 184 Å². The highest BCUT2D eigenvalue weighted by Gasteiger charge is 2.30. The second kappa shape index (κ2) is 8.42. The van der Waals surface area contributed by atoms with E-state index in [0.717, 1.165) is 22.4 Å². The zero-order valence-electron chi connectivity index (χ0n) is 16.4. The van der Waals surface area contributed by atoms with E-state index < -0.39 is 0 Å². The summed E-state index contributed by atoms with van der Waals surface area (Å²) in [7, 11) is 1.62. The fourth-order valence-corrected chi connectivity index (χ4v) is 3.60. The summed E-state index contributed by atoms with van der Waals surface area (Å²) in [5, 5.41) is 0.866. The van der Waals surface area contributed by atoms with Gasteiger partial charge in [-0.05, 0) is 48.4 Å². The molecule has 0 radical (unpaired) electrons. The molecular formula is C24H18Cl2O4. The lowest BCUT2D eigenvalue weighted by molar-refractivity contribution is 0.101. The number of halogens is 2. The van der Waals surface area contributed by atoms with Gasteiger partial charge in [0.2, 0.25) is 5.78 Å². The second-order valence-electron chi connectivity index (χ2n) is 6.83. The van der Waals surface area contributed by atoms with E-state index in [-0.39, 0.29) is 11.5 Å². The Morgan fingerprint density at radius 3 is 2.60 bits per heavy atom. The number of rotatable bonds is 5. The molecule has 1 aliphatic rings. The molecule has 4 rings (SSSR count). The van der Waals surface area contributed by atoms with Gasteiger partial charge >= 0.3 is 0 Å². The largest absolute Gasteiger partial charge is 0.496 e. The fourth-order valence-electron chi connectivity index (χ4n) is 3.30. The zero-order chi connectivity index (χ0) is 21.3. The first-order valence-corrected chi connectivity index (χ1v) is 10.0. The fraction of sp³-hybridized carbons (Fsp3) is 0.125. The molecule has 0 aliphatic carbocycles. The van der Waals surface area contributed by atoms with Crippen molar-refractivity contribution < 1.29 is 19.0 Å². The normalized spacial score (nSPS) is 13.9. The zero-order valence-corrected chi connectivity index (χ0v) is 17.9. The van der Waals surface area contributed by atoms with Gasteiger partial charge in [-0.25, -0.2) is 0 Å². The van der Waals surface area contributed by atoms with Gasteiger partial charge in [0.05, 0.1) is 22.7 Å². The van der Waals surface area contributed by atoms with E-state index in [2.05, 4.69) is 0 Å². The lowest BCUT2D eigenvalue weighted by atomic mass is 10.0. The number of aryl methyl sites for hydroxylation is 1. The molecule has 3 aromatic carbocycles. The van der Waals surface area contributed by atoms with E-state index in [4.69, 9.17) is 37.4 Å². The van der Waals surface area contributed by atoms with Gasteiger partial charge in [0.25, 0.3) is 0 Å². The number of carbonyl (C=O) groups is 1. The molecule has 4 nitrogen and oxygen atoms in total. The molecule has 1 heterocycles. The molecule has 0 saturated heterocycles. The maximum Gasteiger partial charge on any atom is 0.232 e. The summed E-state index contributed by atoms with van der Waals surface area (Å²) >= 11 is 12.0. The van der Waals surface area contributed by atoms with Gasteiger partial charge in [-0.2, -0.15) is 0 Å². The van der Waals surface area contributed by atoms with Gasteiger partial charge in [0.15, 0.2) is 5.76 Å². The van der Waals surface area contributed by atoms with Gasteiger partial charge in [-0.15, -0.1) is 0 Å². The van der Waals surface area contributed by atoms with Crippen molar-refractivity contribution in [3.63, 3.8) is 0 Å². The molecular weight excluding hydrogens is 423 g/mol. The summed E-state index contributed by atoms with van der Waals surface area (Å²) < 4.78 is 17.1. The molecule has 1 aliphatic heterocycles. The van der Waals surface area contributed by atoms with E-state index in [9.17, 15) is 4.79 Å². The summed E-state index contributed by atoms with van der Waals surface area (Å²) in [6, 6.07) is 16.4. The number of ether oxygens (including phenoxy) is 3. The average Bonchev–Trinajstić information content (AvgIpc) is 3.05. The highest BCUT2D eigenvalue weighted by Crippen LogP contribution is 2.38. The van der Waals surface area contributed by atoms with E-state index >= 15 is 0 Å². The quantitative estimate of drug-likeness (QED) is 0.424. The standard InChI is InChI=1S/C24H18Cl2O4/c1-14-9-17(29-13-16-5-3-4-6-20(16)28-2)12-21-23(14)24(27)22(30-21)11-15-7-8-18(25)19(26)10-15/h3-12H,13H2,1-2H3/b22-11-. The molecule has 0 aromatic heterocycles. The van der Waals surface area contributed by atoms with Gasteiger partial charge in [0, 0.05) is 11.6 Å². The van der Waals surface area contributed by atoms with Crippen molar-refractivity contribution in [1.29, 1.82) is 0 Å². The van der Waals surface area contributed by atoms with E-state index in [1.165, 1.54) is 0 Å². The van der Waals surface area contributed by atoms with Crippen LogP contribution in [0.15, 0.2) is 60.4 Å². The predicted molar refractivity (Wildman–Crippen MR) is 118 cm³/mol. The molecule has 0 atom stereocenters. The number of ketones is 1. The van der Waals surface area contributed by atoms with Crippen LogP contribution in [0, 0.1) is 6.92 Å². The van der Waals surface area contributed by atoms with Crippen molar-refractivity contribution in [1.82, 2.24) is 0 Å². The third-order valence-corrected chi connectivity index (χ3v) is 5.51. The number of hydrogen-bond acceptors (Lipinski definition) is 4. The Hall–Kier alpha value is -2.95. The highest BCUT2D eigenvalue weighted by atomic mass is 35.5. The Kier molecular flexibility index (Phi) is 5.71. The van der Waals surface area contributed by atoms with Crippen molar-refractivity contribution in [3.05, 3.63) is 92.7 Å². The highest BCUT2D eigenvalue weighted by molar-refractivity contribution is 6.42. The van der Waals surface area contributed by atoms with Crippen LogP contribution in [0.2, 0.25) is 10.0 Å². The van der Waals surface area contributed by atoms with Crippen molar-refractivity contribution in [3.8, 4) is 17.2 Å². The van der Waals surface area contributed by atoms with Gasteiger partial charge in [-0.1, -0.05) is 47.5 Å². The summed E-state index contributed by atoms with van der Waals surface area (Å²) in [5.74, 6) is 1.90. The minimum atomic E-state index is -0.176. The van der Waals surface area contributed by atoms with Crippen molar-refractivity contribution in [2.45, 2.75) is 13.5 Å². The van der Waals surface area contributed by atoms with Crippen LogP contribution in [0.4, 0.5) is 0 Å². The summed E-state index contributed by atoms with van der Waals surface area (Å²) in [5.41, 5.74) is 2.97. The third kappa shape index (κ3) is 4.02. The van der Waals surface area contributed by atoms with E-state index in [1.54, 1.807) is 37.5 Å². The first kappa shape index (κ1) is 20.3. The lowest BCUT2D eigenvalue weighted by Gasteiger charge is -2.11. The predicted octanol–water partition coefficient (Wildman–Crippen LogP) is 6.51. The monoisotopic (exact) mass is 440 g/mol. The van der Waals surface area contributed by atoms with Crippen LogP contribution in [0.3, 0.4) is 0 Å². The van der Waals surface area contributed by atoms with Crippen molar-refractivity contribution in [2.75, 3.05) is 7.11 Å². The molecule has 6 heteroatoms. The summed E-state index contributed by atoms with van der Waals surface area (Å²) in [6.07, 6.45) is 1.65. The van der Waals surface area contributed by atoms with Gasteiger partial charge in [-0.3, -0.25) is 4.79 Å². The first-order chi connectivity index (χ1) is 14.5. The van der Waals surface area contributed by atoms with Crippen LogP contribution in [0.1, 0.15) is 27.0 Å². The van der Waals surface area contributed by atoms with Gasteiger partial charge in [0.1, 0.15) is 23.9 Å². The number of carbonyl (C=O) groups excluding carboxylic acids is 1. The average molecular weight is 441 g/mol. The van der Waals surface area contributed by atoms with Crippen LogP contribution >= 0.6 is 23.2 Å². The minimum absolute atomic E-state index is 0.176. The maximum atomic E-state index is 12.8. The van der Waals surface area contributed by atoms with Crippen LogP contribution in [-0.2, 0) is 6.61 Å². The van der Waals surface area contributed by atoms with Crippen molar-refractivity contribution in [2.24, 2.45) is 0 Å². The summed E-state index contributed by atoms with van der Waals surface area (Å²) in [4.78, 5) is 12.8. The smallest absolute Gasteiger partial charge is 0.232 e. The minimum Gasteiger partial charge on any atom is -0.496 e. The van der Waals surface area contributed by atoms with Crippen LogP contribution in [0.5, 0.6) is 17.2 Å². The number of allylic oxidation sites excluding steroid dienone is 1. The molecule has 0 N–H and O–H groups in total. The van der Waals surface area contributed by atoms with Crippen LogP contribution in [-0.4, -0.2) is 12.9 Å². The number of para-hydroxylation sites is 1. The molecule has 0 saturated carbocycles. The number of hydrogen-bond donors (Lipinski definition) is 0.